The van der Waals surface area contributed by atoms with Crippen molar-refractivity contribution in [2.45, 2.75) is 45.3 Å². The smallest absolute Gasteiger partial charge is 0.127 e. The zero-order chi connectivity index (χ0) is 14.5. The number of benzene rings is 1. The summed E-state index contributed by atoms with van der Waals surface area (Å²) in [7, 11) is 0. The topological polar surface area (TPSA) is 21.3 Å². The van der Waals surface area contributed by atoms with Gasteiger partial charge in [0, 0.05) is 17.0 Å². The molecule has 4 heteroatoms. The Kier molecular flexibility index (Phi) is 5.82. The molecular weight excluding hydrogens is 277 g/mol. The van der Waals surface area contributed by atoms with Gasteiger partial charge in [-0.25, -0.2) is 4.39 Å². The highest BCUT2D eigenvalue weighted by Gasteiger charge is 2.29. The van der Waals surface area contributed by atoms with Gasteiger partial charge in [0.1, 0.15) is 5.82 Å². The van der Waals surface area contributed by atoms with Crippen LogP contribution < -0.4 is 5.32 Å². The first-order valence-corrected chi connectivity index (χ1v) is 7.76. The molecule has 0 radical (unpaired) electrons. The average molecular weight is 300 g/mol. The number of nitrogens with one attached hydrogen (secondary N) is 1. The zero-order valence-corrected chi connectivity index (χ0v) is 12.9. The summed E-state index contributed by atoms with van der Waals surface area (Å²) >= 11 is 5.81. The van der Waals surface area contributed by atoms with E-state index in [0.717, 1.165) is 31.6 Å². The van der Waals surface area contributed by atoms with Gasteiger partial charge in [-0.15, -0.1) is 0 Å². The fraction of sp³-hybridized carbons (Fsp3) is 0.625. The minimum atomic E-state index is -0.215. The molecule has 2 rings (SSSR count). The second-order valence-corrected chi connectivity index (χ2v) is 6.08. The van der Waals surface area contributed by atoms with Gasteiger partial charge in [-0.1, -0.05) is 24.6 Å². The molecule has 1 aromatic rings. The van der Waals surface area contributed by atoms with Crippen LogP contribution in [0.4, 0.5) is 4.39 Å². The monoisotopic (exact) mass is 299 g/mol. The minimum absolute atomic E-state index is 0.215. The van der Waals surface area contributed by atoms with Gasteiger partial charge in [0.15, 0.2) is 0 Å². The number of halogens is 2. The Morgan fingerprint density at radius 3 is 2.90 bits per heavy atom. The van der Waals surface area contributed by atoms with Crippen LogP contribution in [0.15, 0.2) is 18.2 Å². The molecule has 0 amide bonds. The summed E-state index contributed by atoms with van der Waals surface area (Å²) in [6.45, 7) is 5.95. The van der Waals surface area contributed by atoms with Crippen LogP contribution in [-0.4, -0.2) is 25.3 Å². The van der Waals surface area contributed by atoms with Crippen molar-refractivity contribution in [1.29, 1.82) is 0 Å². The molecule has 1 saturated heterocycles. The molecule has 3 atom stereocenters. The molecular formula is C16H23ClFNO. The third-order valence-corrected chi connectivity index (χ3v) is 4.15. The van der Waals surface area contributed by atoms with Crippen molar-refractivity contribution in [3.05, 3.63) is 34.6 Å². The van der Waals surface area contributed by atoms with Gasteiger partial charge in [-0.2, -0.15) is 0 Å². The molecule has 1 aliphatic heterocycles. The van der Waals surface area contributed by atoms with E-state index >= 15 is 0 Å². The lowest BCUT2D eigenvalue weighted by Crippen LogP contribution is -2.39. The van der Waals surface area contributed by atoms with Gasteiger partial charge in [0.25, 0.3) is 0 Å². The predicted molar refractivity (Wildman–Crippen MR) is 80.7 cm³/mol. The van der Waals surface area contributed by atoms with E-state index in [1.165, 1.54) is 6.07 Å². The molecule has 0 bridgehead atoms. The van der Waals surface area contributed by atoms with E-state index in [1.807, 2.05) is 0 Å². The number of hydrogen-bond donors (Lipinski definition) is 1. The van der Waals surface area contributed by atoms with Crippen LogP contribution in [0.25, 0.3) is 0 Å². The van der Waals surface area contributed by atoms with Crippen molar-refractivity contribution in [3.63, 3.8) is 0 Å². The number of ether oxygens (including phenoxy) is 1. The average Bonchev–Trinajstić information content (AvgIpc) is 2.83. The Morgan fingerprint density at radius 1 is 1.50 bits per heavy atom. The van der Waals surface area contributed by atoms with Crippen LogP contribution in [0.2, 0.25) is 5.02 Å². The lowest BCUT2D eigenvalue weighted by molar-refractivity contribution is 0.116. The Balaban J connectivity index is 2.06. The van der Waals surface area contributed by atoms with Crippen LogP contribution in [0.1, 0.15) is 32.3 Å². The maximum Gasteiger partial charge on any atom is 0.127 e. The third-order valence-electron chi connectivity index (χ3n) is 3.91. The standard InChI is InChI=1S/C16H23ClFNO/c1-3-6-19-16(13-7-11(2)20-10-13)8-12-4-5-14(17)9-15(12)18/h4-5,9,11,13,16,19H,3,6-8,10H2,1-2H3. The summed E-state index contributed by atoms with van der Waals surface area (Å²) in [6.07, 6.45) is 3.10. The molecule has 0 spiro atoms. The highest BCUT2D eigenvalue weighted by molar-refractivity contribution is 6.30. The van der Waals surface area contributed by atoms with Crippen LogP contribution in [-0.2, 0) is 11.2 Å². The molecule has 0 saturated carbocycles. The second kappa shape index (κ2) is 7.39. The van der Waals surface area contributed by atoms with E-state index in [9.17, 15) is 4.39 Å². The van der Waals surface area contributed by atoms with Crippen molar-refractivity contribution in [1.82, 2.24) is 5.32 Å². The number of rotatable bonds is 6. The quantitative estimate of drug-likeness (QED) is 0.862. The molecule has 1 fully saturated rings. The Morgan fingerprint density at radius 2 is 2.30 bits per heavy atom. The van der Waals surface area contributed by atoms with Gasteiger partial charge in [0.2, 0.25) is 0 Å². The van der Waals surface area contributed by atoms with Gasteiger partial charge in [0.05, 0.1) is 12.7 Å². The molecule has 112 valence electrons. The maximum absolute atomic E-state index is 14.0. The van der Waals surface area contributed by atoms with Crippen LogP contribution in [0.3, 0.4) is 0 Å². The van der Waals surface area contributed by atoms with E-state index in [2.05, 4.69) is 19.2 Å². The first-order chi connectivity index (χ1) is 9.60. The van der Waals surface area contributed by atoms with E-state index in [1.54, 1.807) is 12.1 Å². The number of hydrogen-bond acceptors (Lipinski definition) is 2. The van der Waals surface area contributed by atoms with Gasteiger partial charge >= 0.3 is 0 Å². The lowest BCUT2D eigenvalue weighted by atomic mass is 9.91. The predicted octanol–water partition coefficient (Wildman–Crippen LogP) is 3.81. The van der Waals surface area contributed by atoms with Gasteiger partial charge in [-0.05, 0) is 50.4 Å². The second-order valence-electron chi connectivity index (χ2n) is 5.64. The summed E-state index contributed by atoms with van der Waals surface area (Å²) < 4.78 is 19.6. The minimum Gasteiger partial charge on any atom is -0.378 e. The summed E-state index contributed by atoms with van der Waals surface area (Å²) in [5, 5.41) is 3.99. The molecule has 0 aromatic heterocycles. The summed E-state index contributed by atoms with van der Waals surface area (Å²) in [5.74, 6) is 0.236. The van der Waals surface area contributed by atoms with Crippen molar-refractivity contribution in [2.24, 2.45) is 5.92 Å². The zero-order valence-electron chi connectivity index (χ0n) is 12.2. The molecule has 1 aromatic carbocycles. The maximum atomic E-state index is 14.0. The van der Waals surface area contributed by atoms with Gasteiger partial charge < -0.3 is 10.1 Å². The summed E-state index contributed by atoms with van der Waals surface area (Å²) in [4.78, 5) is 0. The molecule has 1 aliphatic rings. The first kappa shape index (κ1) is 15.7. The van der Waals surface area contributed by atoms with E-state index in [0.29, 0.717) is 23.5 Å². The largest absolute Gasteiger partial charge is 0.378 e. The van der Waals surface area contributed by atoms with Crippen molar-refractivity contribution in [3.8, 4) is 0 Å². The molecule has 1 N–H and O–H groups in total. The lowest BCUT2D eigenvalue weighted by Gasteiger charge is -2.24. The summed E-state index contributed by atoms with van der Waals surface area (Å²) in [5.41, 5.74) is 0.725. The van der Waals surface area contributed by atoms with Crippen molar-refractivity contribution < 1.29 is 9.13 Å². The third kappa shape index (κ3) is 4.18. The van der Waals surface area contributed by atoms with Crippen LogP contribution >= 0.6 is 11.6 Å². The molecule has 0 aliphatic carbocycles. The highest BCUT2D eigenvalue weighted by Crippen LogP contribution is 2.25. The molecule has 2 nitrogen and oxygen atoms in total. The van der Waals surface area contributed by atoms with Gasteiger partial charge in [-0.3, -0.25) is 0 Å². The normalized spacial score (nSPS) is 24.0. The Labute approximate surface area is 125 Å². The van der Waals surface area contributed by atoms with Crippen molar-refractivity contribution >= 4 is 11.6 Å². The Hall–Kier alpha value is -0.640. The molecule has 1 heterocycles. The van der Waals surface area contributed by atoms with E-state index in [4.69, 9.17) is 16.3 Å². The summed E-state index contributed by atoms with van der Waals surface area (Å²) in [6, 6.07) is 5.19. The van der Waals surface area contributed by atoms with E-state index in [-0.39, 0.29) is 11.9 Å². The van der Waals surface area contributed by atoms with Crippen LogP contribution in [0, 0.1) is 11.7 Å². The Bertz CT molecular complexity index is 440. The van der Waals surface area contributed by atoms with E-state index < -0.39 is 0 Å². The molecule has 20 heavy (non-hydrogen) atoms. The fourth-order valence-corrected chi connectivity index (χ4v) is 2.95. The van der Waals surface area contributed by atoms with Crippen molar-refractivity contribution in [2.75, 3.05) is 13.2 Å². The molecule has 3 unspecified atom stereocenters. The highest BCUT2D eigenvalue weighted by atomic mass is 35.5. The fourth-order valence-electron chi connectivity index (χ4n) is 2.79. The first-order valence-electron chi connectivity index (χ1n) is 7.39. The SMILES string of the molecule is CCCNC(Cc1ccc(Cl)cc1F)C1COC(C)C1. The van der Waals surface area contributed by atoms with Crippen LogP contribution in [0.5, 0.6) is 0 Å².